The van der Waals surface area contributed by atoms with Gasteiger partial charge in [0.05, 0.1) is 5.56 Å². The van der Waals surface area contributed by atoms with Gasteiger partial charge in [-0.3, -0.25) is 0 Å². The summed E-state index contributed by atoms with van der Waals surface area (Å²) in [5.41, 5.74) is 1.97. The first-order valence-corrected chi connectivity index (χ1v) is 9.12. The average molecular weight is 361 g/mol. The quantitative estimate of drug-likeness (QED) is 0.692. The zero-order chi connectivity index (χ0) is 16.9. The summed E-state index contributed by atoms with van der Waals surface area (Å²) in [6.07, 6.45) is 3.82. The van der Waals surface area contributed by atoms with Gasteiger partial charge in [0.15, 0.2) is 5.82 Å². The number of pyridine rings is 1. The normalized spacial score (nSPS) is 12.1. The minimum absolute atomic E-state index is 0.253. The molecule has 0 saturated carbocycles. The van der Waals surface area contributed by atoms with Gasteiger partial charge in [-0.25, -0.2) is 4.98 Å². The first-order chi connectivity index (χ1) is 11.7. The molecule has 2 heterocycles. The van der Waals surface area contributed by atoms with E-state index in [1.54, 1.807) is 24.9 Å². The van der Waals surface area contributed by atoms with Crippen molar-refractivity contribution in [1.29, 1.82) is 0 Å². The second-order valence-electron chi connectivity index (χ2n) is 5.21. The van der Waals surface area contributed by atoms with Crippen molar-refractivity contribution >= 4 is 29.2 Å². The minimum Gasteiger partial charge on any atom is -0.368 e. The fraction of sp³-hybridized carbons (Fsp3) is 0.235. The molecule has 3 aromatic rings. The molecule has 3 rings (SSSR count). The number of nitrogens with zero attached hydrogens (tertiary/aromatic N) is 3. The predicted octanol–water partition coefficient (Wildman–Crippen LogP) is 4.61. The van der Waals surface area contributed by atoms with Crippen LogP contribution in [0.2, 0.25) is 5.02 Å². The van der Waals surface area contributed by atoms with Crippen LogP contribution in [-0.4, -0.2) is 27.9 Å². The summed E-state index contributed by atoms with van der Waals surface area (Å²) in [5, 5.41) is 8.22. The third kappa shape index (κ3) is 3.88. The molecule has 1 aromatic carbocycles. The number of aryl methyl sites for hydroxylation is 1. The van der Waals surface area contributed by atoms with E-state index in [1.807, 2.05) is 30.3 Å². The summed E-state index contributed by atoms with van der Waals surface area (Å²) < 4.78 is 5.26. The van der Waals surface area contributed by atoms with Gasteiger partial charge in [0.25, 0.3) is 5.89 Å². The highest BCUT2D eigenvalue weighted by atomic mass is 35.5. The second kappa shape index (κ2) is 7.68. The lowest BCUT2D eigenvalue weighted by molar-refractivity contribution is 0.425. The Labute approximate surface area is 149 Å². The lowest BCUT2D eigenvalue weighted by atomic mass is 10.1. The highest BCUT2D eigenvalue weighted by Crippen LogP contribution is 2.30. The van der Waals surface area contributed by atoms with Crippen molar-refractivity contribution in [3.63, 3.8) is 0 Å². The maximum Gasteiger partial charge on any atom is 0.261 e. The molecule has 0 radical (unpaired) electrons. The molecule has 124 valence electrons. The maximum absolute atomic E-state index is 6.10. The smallest absolute Gasteiger partial charge is 0.261 e. The molecule has 7 heteroatoms. The molecule has 0 bridgehead atoms. The van der Waals surface area contributed by atoms with Crippen molar-refractivity contribution < 1.29 is 4.52 Å². The zero-order valence-electron chi connectivity index (χ0n) is 13.4. The molecule has 0 aliphatic heterocycles. The number of hydrogen-bond acceptors (Lipinski definition) is 6. The zero-order valence-corrected chi connectivity index (χ0v) is 14.9. The van der Waals surface area contributed by atoms with Crippen LogP contribution < -0.4 is 5.32 Å². The van der Waals surface area contributed by atoms with Crippen LogP contribution in [0.4, 0.5) is 5.82 Å². The first-order valence-electron chi connectivity index (χ1n) is 7.45. The molecular formula is C17H17ClN4OS. The van der Waals surface area contributed by atoms with E-state index in [0.29, 0.717) is 18.3 Å². The Morgan fingerprint density at radius 2 is 2.17 bits per heavy atom. The van der Waals surface area contributed by atoms with E-state index >= 15 is 0 Å². The van der Waals surface area contributed by atoms with Gasteiger partial charge < -0.3 is 9.84 Å². The summed E-state index contributed by atoms with van der Waals surface area (Å²) in [6.45, 7) is 2.50. The molecule has 1 N–H and O–H groups in total. The van der Waals surface area contributed by atoms with Gasteiger partial charge in [-0.2, -0.15) is 16.7 Å². The van der Waals surface area contributed by atoms with Crippen molar-refractivity contribution in [3.05, 3.63) is 59.0 Å². The van der Waals surface area contributed by atoms with Gasteiger partial charge in [0.2, 0.25) is 0 Å². The summed E-state index contributed by atoms with van der Waals surface area (Å²) in [4.78, 5) is 8.69. The Bertz CT molecular complexity index is 824. The van der Waals surface area contributed by atoms with Gasteiger partial charge in [0.1, 0.15) is 5.82 Å². The van der Waals surface area contributed by atoms with Crippen molar-refractivity contribution in [2.45, 2.75) is 12.2 Å². The molecule has 1 atom stereocenters. The Kier molecular flexibility index (Phi) is 5.37. The predicted molar refractivity (Wildman–Crippen MR) is 98.5 cm³/mol. The molecule has 0 fully saturated rings. The number of rotatable bonds is 6. The SMILES string of the molecule is CSC(CNc1ncccc1-c1nc(C)no1)c1cccc(Cl)c1. The lowest BCUT2D eigenvalue weighted by Crippen LogP contribution is -2.11. The van der Waals surface area contributed by atoms with Crippen molar-refractivity contribution in [2.75, 3.05) is 18.1 Å². The topological polar surface area (TPSA) is 63.8 Å². The average Bonchev–Trinajstić information content (AvgIpc) is 3.02. The van der Waals surface area contributed by atoms with Gasteiger partial charge in [0, 0.05) is 23.0 Å². The van der Waals surface area contributed by atoms with Crippen molar-refractivity contribution in [2.24, 2.45) is 0 Å². The Morgan fingerprint density at radius 3 is 2.88 bits per heavy atom. The molecule has 0 aliphatic carbocycles. The Balaban J connectivity index is 1.79. The Hall–Kier alpha value is -2.05. The highest BCUT2D eigenvalue weighted by molar-refractivity contribution is 7.98. The number of halogens is 1. The fourth-order valence-electron chi connectivity index (χ4n) is 2.36. The van der Waals surface area contributed by atoms with E-state index in [9.17, 15) is 0 Å². The van der Waals surface area contributed by atoms with E-state index in [0.717, 1.165) is 16.4 Å². The van der Waals surface area contributed by atoms with E-state index in [2.05, 4.69) is 32.8 Å². The molecule has 1 unspecified atom stereocenters. The van der Waals surface area contributed by atoms with Gasteiger partial charge in [-0.1, -0.05) is 28.9 Å². The lowest BCUT2D eigenvalue weighted by Gasteiger charge is -2.17. The monoisotopic (exact) mass is 360 g/mol. The van der Waals surface area contributed by atoms with Gasteiger partial charge in [-0.15, -0.1) is 0 Å². The number of benzene rings is 1. The van der Waals surface area contributed by atoms with Crippen LogP contribution in [0.1, 0.15) is 16.6 Å². The molecule has 2 aromatic heterocycles. The van der Waals surface area contributed by atoms with Crippen LogP contribution in [0.3, 0.4) is 0 Å². The van der Waals surface area contributed by atoms with Gasteiger partial charge in [-0.05, 0) is 43.0 Å². The number of hydrogen-bond donors (Lipinski definition) is 1. The van der Waals surface area contributed by atoms with Crippen LogP contribution in [-0.2, 0) is 0 Å². The summed E-state index contributed by atoms with van der Waals surface area (Å²) >= 11 is 7.86. The molecule has 5 nitrogen and oxygen atoms in total. The molecule has 0 spiro atoms. The van der Waals surface area contributed by atoms with Crippen LogP contribution >= 0.6 is 23.4 Å². The summed E-state index contributed by atoms with van der Waals surface area (Å²) in [5.74, 6) is 1.79. The number of nitrogens with one attached hydrogen (secondary N) is 1. The summed E-state index contributed by atoms with van der Waals surface area (Å²) in [6, 6.07) is 11.7. The fourth-order valence-corrected chi connectivity index (χ4v) is 3.23. The maximum atomic E-state index is 6.10. The van der Waals surface area contributed by atoms with Crippen molar-refractivity contribution in [3.8, 4) is 11.5 Å². The number of aromatic nitrogens is 3. The van der Waals surface area contributed by atoms with Crippen molar-refractivity contribution in [1.82, 2.24) is 15.1 Å². The Morgan fingerprint density at radius 1 is 1.29 bits per heavy atom. The van der Waals surface area contributed by atoms with E-state index < -0.39 is 0 Å². The number of anilines is 1. The van der Waals surface area contributed by atoms with E-state index in [1.165, 1.54) is 5.56 Å². The molecule has 0 aliphatic rings. The van der Waals surface area contributed by atoms with E-state index in [4.69, 9.17) is 16.1 Å². The van der Waals surface area contributed by atoms with Crippen LogP contribution in [0.5, 0.6) is 0 Å². The number of thioether (sulfide) groups is 1. The molecule has 0 saturated heterocycles. The third-order valence-electron chi connectivity index (χ3n) is 3.53. The van der Waals surface area contributed by atoms with Crippen LogP contribution in [0.15, 0.2) is 47.1 Å². The second-order valence-corrected chi connectivity index (χ2v) is 6.68. The van der Waals surface area contributed by atoms with Gasteiger partial charge >= 0.3 is 0 Å². The minimum atomic E-state index is 0.253. The van der Waals surface area contributed by atoms with Crippen LogP contribution in [0.25, 0.3) is 11.5 Å². The third-order valence-corrected chi connectivity index (χ3v) is 4.77. The first kappa shape index (κ1) is 16.8. The molecule has 24 heavy (non-hydrogen) atoms. The largest absolute Gasteiger partial charge is 0.368 e. The van der Waals surface area contributed by atoms with Crippen LogP contribution in [0, 0.1) is 6.92 Å². The standard InChI is InChI=1S/C17H17ClN4OS/c1-11-21-17(23-22-11)14-7-4-8-19-16(14)20-10-15(24-2)12-5-3-6-13(18)9-12/h3-9,15H,10H2,1-2H3,(H,19,20). The van der Waals surface area contributed by atoms with E-state index in [-0.39, 0.29) is 5.25 Å². The highest BCUT2D eigenvalue weighted by Gasteiger charge is 2.15. The summed E-state index contributed by atoms with van der Waals surface area (Å²) in [7, 11) is 0. The molecular weight excluding hydrogens is 344 g/mol. The molecule has 0 amide bonds.